The molecule has 0 spiro atoms. The number of benzene rings is 1. The van der Waals surface area contributed by atoms with Gasteiger partial charge in [0.05, 0.1) is 25.6 Å². The van der Waals surface area contributed by atoms with E-state index in [0.717, 1.165) is 5.69 Å². The minimum Gasteiger partial charge on any atom is -0.378 e. The fraction of sp³-hybridized carbons (Fsp3) is 0.267. The van der Waals surface area contributed by atoms with Crippen LogP contribution in [-0.2, 0) is 4.74 Å². The fourth-order valence-corrected chi connectivity index (χ4v) is 2.34. The average Bonchev–Trinajstić information content (AvgIpc) is 2.56. The molecule has 2 aromatic rings. The molecular weight excluding hydrogens is 304 g/mol. The summed E-state index contributed by atoms with van der Waals surface area (Å²) in [6.45, 7) is 2.30. The topological polar surface area (TPSA) is 67.4 Å². The number of nitrogens with zero attached hydrogens (tertiary/aromatic N) is 3. The number of carbonyl (C=O) groups excluding carboxylic acids is 1. The number of morpholine rings is 1. The zero-order valence-electron chi connectivity index (χ0n) is 11.8. The van der Waals surface area contributed by atoms with Crippen molar-refractivity contribution in [2.24, 2.45) is 0 Å². The van der Waals surface area contributed by atoms with Crippen LogP contribution in [0.5, 0.6) is 0 Å². The Labute approximate surface area is 133 Å². The van der Waals surface area contributed by atoms with Crippen molar-refractivity contribution in [2.45, 2.75) is 0 Å². The van der Waals surface area contributed by atoms with Crippen LogP contribution in [0.2, 0.25) is 5.02 Å². The number of nitrogens with one attached hydrogen (secondary N) is 1. The molecule has 0 aliphatic carbocycles. The van der Waals surface area contributed by atoms with Gasteiger partial charge in [-0.3, -0.25) is 4.79 Å². The number of amides is 1. The molecule has 1 N–H and O–H groups in total. The van der Waals surface area contributed by atoms with Gasteiger partial charge >= 0.3 is 0 Å². The average molecular weight is 319 g/mol. The highest BCUT2D eigenvalue weighted by atomic mass is 35.5. The Morgan fingerprint density at radius 3 is 2.73 bits per heavy atom. The fourth-order valence-electron chi connectivity index (χ4n) is 2.15. The number of aromatic nitrogens is 2. The highest BCUT2D eigenvalue weighted by Crippen LogP contribution is 2.18. The third-order valence-corrected chi connectivity index (χ3v) is 3.50. The van der Waals surface area contributed by atoms with E-state index in [1.54, 1.807) is 17.0 Å². The smallest absolute Gasteiger partial charge is 0.274 e. The Kier molecular flexibility index (Phi) is 4.50. The van der Waals surface area contributed by atoms with E-state index in [2.05, 4.69) is 15.3 Å². The standard InChI is InChI=1S/C15H15ClN4O2/c16-11-2-1-3-12(8-11)19-14-10-17-13(9-18-14)15(21)20-4-6-22-7-5-20/h1-3,8-10H,4-7H2,(H,18,19). The molecule has 2 heterocycles. The summed E-state index contributed by atoms with van der Waals surface area (Å²) in [5.74, 6) is 0.436. The molecular formula is C15H15ClN4O2. The van der Waals surface area contributed by atoms with Crippen molar-refractivity contribution in [3.63, 3.8) is 0 Å². The summed E-state index contributed by atoms with van der Waals surface area (Å²) in [7, 11) is 0. The zero-order valence-corrected chi connectivity index (χ0v) is 12.6. The number of hydrogen-bond donors (Lipinski definition) is 1. The normalized spacial score (nSPS) is 14.7. The van der Waals surface area contributed by atoms with Crippen molar-refractivity contribution < 1.29 is 9.53 Å². The first-order valence-electron chi connectivity index (χ1n) is 6.94. The highest BCUT2D eigenvalue weighted by molar-refractivity contribution is 6.30. The SMILES string of the molecule is O=C(c1cnc(Nc2cccc(Cl)c2)cn1)N1CCOCC1. The predicted molar refractivity (Wildman–Crippen MR) is 83.5 cm³/mol. The number of anilines is 2. The third kappa shape index (κ3) is 3.52. The van der Waals surface area contributed by atoms with Crippen LogP contribution >= 0.6 is 11.6 Å². The van der Waals surface area contributed by atoms with Gasteiger partial charge in [0, 0.05) is 23.8 Å². The second-order valence-electron chi connectivity index (χ2n) is 4.83. The van der Waals surface area contributed by atoms with E-state index in [1.807, 2.05) is 12.1 Å². The molecule has 1 amide bonds. The third-order valence-electron chi connectivity index (χ3n) is 3.27. The van der Waals surface area contributed by atoms with E-state index in [0.29, 0.717) is 42.8 Å². The van der Waals surface area contributed by atoms with Crippen LogP contribution in [0.15, 0.2) is 36.7 Å². The van der Waals surface area contributed by atoms with Crippen LogP contribution < -0.4 is 5.32 Å². The summed E-state index contributed by atoms with van der Waals surface area (Å²) < 4.78 is 5.23. The van der Waals surface area contributed by atoms with Crippen molar-refractivity contribution in [2.75, 3.05) is 31.6 Å². The molecule has 0 radical (unpaired) electrons. The first kappa shape index (κ1) is 14.7. The van der Waals surface area contributed by atoms with E-state index < -0.39 is 0 Å². The molecule has 114 valence electrons. The van der Waals surface area contributed by atoms with Gasteiger partial charge in [0.25, 0.3) is 5.91 Å². The monoisotopic (exact) mass is 318 g/mol. The van der Waals surface area contributed by atoms with Crippen LogP contribution in [0.1, 0.15) is 10.5 Å². The zero-order chi connectivity index (χ0) is 15.4. The maximum atomic E-state index is 12.2. The summed E-state index contributed by atoms with van der Waals surface area (Å²) in [6.07, 6.45) is 3.01. The molecule has 0 saturated carbocycles. The Hall–Kier alpha value is -2.18. The molecule has 1 aromatic carbocycles. The van der Waals surface area contributed by atoms with E-state index in [4.69, 9.17) is 16.3 Å². The van der Waals surface area contributed by atoms with Crippen LogP contribution in [0.25, 0.3) is 0 Å². The van der Waals surface area contributed by atoms with E-state index in [9.17, 15) is 4.79 Å². The summed E-state index contributed by atoms with van der Waals surface area (Å²) >= 11 is 5.93. The van der Waals surface area contributed by atoms with E-state index in [-0.39, 0.29) is 5.91 Å². The summed E-state index contributed by atoms with van der Waals surface area (Å²) in [5.41, 5.74) is 1.15. The number of carbonyl (C=O) groups is 1. The van der Waals surface area contributed by atoms with Crippen molar-refractivity contribution in [1.82, 2.24) is 14.9 Å². The van der Waals surface area contributed by atoms with Crippen LogP contribution in [0.4, 0.5) is 11.5 Å². The molecule has 3 rings (SSSR count). The first-order chi connectivity index (χ1) is 10.7. The van der Waals surface area contributed by atoms with Gasteiger partial charge in [-0.25, -0.2) is 9.97 Å². The minimum atomic E-state index is -0.120. The lowest BCUT2D eigenvalue weighted by atomic mass is 10.3. The summed E-state index contributed by atoms with van der Waals surface area (Å²) in [5, 5.41) is 3.72. The van der Waals surface area contributed by atoms with Gasteiger partial charge in [0.2, 0.25) is 0 Å². The molecule has 0 unspecified atom stereocenters. The van der Waals surface area contributed by atoms with Crippen molar-refractivity contribution in [3.05, 3.63) is 47.4 Å². The van der Waals surface area contributed by atoms with Gasteiger partial charge in [0.15, 0.2) is 0 Å². The van der Waals surface area contributed by atoms with Gasteiger partial charge in [-0.1, -0.05) is 17.7 Å². The molecule has 1 aliphatic rings. The van der Waals surface area contributed by atoms with Gasteiger partial charge in [-0.2, -0.15) is 0 Å². The quantitative estimate of drug-likeness (QED) is 0.941. The minimum absolute atomic E-state index is 0.120. The Morgan fingerprint density at radius 2 is 2.05 bits per heavy atom. The molecule has 1 aliphatic heterocycles. The Bertz CT molecular complexity index is 657. The molecule has 0 bridgehead atoms. The number of ether oxygens (including phenoxy) is 1. The number of rotatable bonds is 3. The lowest BCUT2D eigenvalue weighted by Gasteiger charge is -2.26. The second-order valence-corrected chi connectivity index (χ2v) is 5.26. The molecule has 1 aromatic heterocycles. The lowest BCUT2D eigenvalue weighted by Crippen LogP contribution is -2.41. The van der Waals surface area contributed by atoms with E-state index >= 15 is 0 Å². The lowest BCUT2D eigenvalue weighted by molar-refractivity contribution is 0.0298. The largest absolute Gasteiger partial charge is 0.378 e. The van der Waals surface area contributed by atoms with Gasteiger partial charge in [-0.05, 0) is 18.2 Å². The van der Waals surface area contributed by atoms with Crippen LogP contribution in [0.3, 0.4) is 0 Å². The van der Waals surface area contributed by atoms with Gasteiger partial charge in [-0.15, -0.1) is 0 Å². The van der Waals surface area contributed by atoms with Crippen LogP contribution in [-0.4, -0.2) is 47.1 Å². The van der Waals surface area contributed by atoms with Gasteiger partial charge < -0.3 is 15.0 Å². The number of hydrogen-bond acceptors (Lipinski definition) is 5. The molecule has 22 heavy (non-hydrogen) atoms. The molecule has 1 saturated heterocycles. The second kappa shape index (κ2) is 6.72. The maximum Gasteiger partial charge on any atom is 0.274 e. The van der Waals surface area contributed by atoms with Crippen molar-refractivity contribution >= 4 is 29.0 Å². The summed E-state index contributed by atoms with van der Waals surface area (Å²) in [6, 6.07) is 7.30. The van der Waals surface area contributed by atoms with E-state index in [1.165, 1.54) is 12.4 Å². The molecule has 1 fully saturated rings. The van der Waals surface area contributed by atoms with Crippen LogP contribution in [0, 0.1) is 0 Å². The van der Waals surface area contributed by atoms with Crippen molar-refractivity contribution in [3.8, 4) is 0 Å². The molecule has 6 nitrogen and oxygen atoms in total. The number of halogens is 1. The predicted octanol–water partition coefficient (Wildman–Crippen LogP) is 2.35. The Balaban J connectivity index is 1.68. The molecule has 0 atom stereocenters. The molecule has 7 heteroatoms. The summed E-state index contributed by atoms with van der Waals surface area (Å²) in [4.78, 5) is 22.4. The van der Waals surface area contributed by atoms with Crippen molar-refractivity contribution in [1.29, 1.82) is 0 Å². The Morgan fingerprint density at radius 1 is 1.23 bits per heavy atom. The first-order valence-corrected chi connectivity index (χ1v) is 7.32. The maximum absolute atomic E-state index is 12.2. The van der Waals surface area contributed by atoms with Gasteiger partial charge in [0.1, 0.15) is 11.5 Å². The highest BCUT2D eigenvalue weighted by Gasteiger charge is 2.19.